The third kappa shape index (κ3) is 5.31. The van der Waals surface area contributed by atoms with Gasteiger partial charge in [-0.2, -0.15) is 13.2 Å². The molecule has 0 amide bonds. The minimum Gasteiger partial charge on any atom is -0.383 e. The molecule has 0 aliphatic carbocycles. The fraction of sp³-hybridized carbons (Fsp3) is 0.429. The van der Waals surface area contributed by atoms with Crippen LogP contribution in [-0.4, -0.2) is 24.2 Å². The second kappa shape index (κ2) is 4.75. The molecule has 0 aliphatic heterocycles. The number of carbonyl (C=O) groups is 2. The number of esters is 2. The van der Waals surface area contributed by atoms with Gasteiger partial charge in [-0.15, -0.1) is 0 Å². The first-order valence-electron chi connectivity index (χ1n) is 3.50. The van der Waals surface area contributed by atoms with Crippen LogP contribution in [0.3, 0.4) is 0 Å². The summed E-state index contributed by atoms with van der Waals surface area (Å²) in [7, 11) is 0. The quantitative estimate of drug-likeness (QED) is 0.410. The van der Waals surface area contributed by atoms with E-state index in [0.29, 0.717) is 6.08 Å². The highest BCUT2D eigenvalue weighted by molar-refractivity contribution is 5.93. The number of alkyl halides is 3. The fourth-order valence-electron chi connectivity index (χ4n) is 0.414. The van der Waals surface area contributed by atoms with Crippen LogP contribution in [0.1, 0.15) is 6.92 Å². The zero-order chi connectivity index (χ0) is 11.4. The van der Waals surface area contributed by atoms with Crippen LogP contribution in [0.4, 0.5) is 13.2 Å². The summed E-state index contributed by atoms with van der Waals surface area (Å²) in [5.74, 6) is -3.94. The van der Waals surface area contributed by atoms with Gasteiger partial charge in [0.2, 0.25) is 0 Å². The van der Waals surface area contributed by atoms with Gasteiger partial charge < -0.3 is 10.5 Å². The van der Waals surface area contributed by atoms with Crippen LogP contribution in [0.25, 0.3) is 0 Å². The highest BCUT2D eigenvalue weighted by Gasteiger charge is 2.42. The van der Waals surface area contributed by atoms with Gasteiger partial charge in [-0.05, 0) is 6.92 Å². The third-order valence-corrected chi connectivity index (χ3v) is 0.961. The number of rotatable bonds is 2. The van der Waals surface area contributed by atoms with E-state index in [2.05, 4.69) is 4.74 Å². The maximum absolute atomic E-state index is 11.5. The molecule has 0 rings (SSSR count). The molecule has 0 aromatic carbocycles. The van der Waals surface area contributed by atoms with Crippen molar-refractivity contribution in [2.24, 2.45) is 5.73 Å². The molecule has 14 heavy (non-hydrogen) atoms. The molecule has 2 N–H and O–H groups in total. The minimum atomic E-state index is -5.17. The minimum absolute atomic E-state index is 0.511. The lowest BCUT2D eigenvalue weighted by molar-refractivity contribution is -0.200. The zero-order valence-electron chi connectivity index (χ0n) is 7.17. The second-order valence-electron chi connectivity index (χ2n) is 2.42. The van der Waals surface area contributed by atoms with Crippen molar-refractivity contribution in [2.75, 3.05) is 0 Å². The van der Waals surface area contributed by atoms with Crippen molar-refractivity contribution in [3.63, 3.8) is 0 Å². The van der Waals surface area contributed by atoms with E-state index in [-0.39, 0.29) is 0 Å². The van der Waals surface area contributed by atoms with Crippen molar-refractivity contribution >= 4 is 11.9 Å². The first-order chi connectivity index (χ1) is 6.23. The average molecular weight is 211 g/mol. The Morgan fingerprint density at radius 3 is 2.29 bits per heavy atom. The van der Waals surface area contributed by atoms with E-state index in [1.54, 1.807) is 0 Å². The molecule has 0 saturated heterocycles. The van der Waals surface area contributed by atoms with Gasteiger partial charge in [0.15, 0.2) is 0 Å². The molecule has 0 saturated carbocycles. The Balaban J connectivity index is 4.15. The van der Waals surface area contributed by atoms with Crippen molar-refractivity contribution in [1.29, 1.82) is 0 Å². The Morgan fingerprint density at radius 1 is 1.43 bits per heavy atom. The number of hydrogen-bond donors (Lipinski definition) is 1. The Labute approximate surface area is 77.5 Å². The van der Waals surface area contributed by atoms with Gasteiger partial charge in [0.1, 0.15) is 0 Å². The molecular weight excluding hydrogens is 203 g/mol. The zero-order valence-corrected chi connectivity index (χ0v) is 7.17. The van der Waals surface area contributed by atoms with Crippen LogP contribution in [0.2, 0.25) is 0 Å². The summed E-state index contributed by atoms with van der Waals surface area (Å²) in [5.41, 5.74) is 5.16. The molecule has 0 aliphatic rings. The van der Waals surface area contributed by atoms with Gasteiger partial charge in [-0.25, -0.2) is 9.59 Å². The summed E-state index contributed by atoms with van der Waals surface area (Å²) in [4.78, 5) is 20.6. The summed E-state index contributed by atoms with van der Waals surface area (Å²) in [5, 5.41) is 0. The normalized spacial score (nSPS) is 14.1. The molecule has 0 heterocycles. The number of nitrogens with two attached hydrogens (primary N) is 1. The van der Waals surface area contributed by atoms with Crippen LogP contribution < -0.4 is 5.73 Å². The van der Waals surface area contributed by atoms with E-state index < -0.39 is 24.2 Å². The van der Waals surface area contributed by atoms with E-state index >= 15 is 0 Å². The van der Waals surface area contributed by atoms with Crippen LogP contribution in [-0.2, 0) is 14.3 Å². The summed E-state index contributed by atoms with van der Waals surface area (Å²) in [6.07, 6.45) is -3.40. The van der Waals surface area contributed by atoms with Crippen LogP contribution in [0.15, 0.2) is 12.2 Å². The maximum Gasteiger partial charge on any atom is 0.491 e. The summed E-state index contributed by atoms with van der Waals surface area (Å²) in [6, 6.07) is -0.511. The van der Waals surface area contributed by atoms with Crippen LogP contribution in [0, 0.1) is 0 Å². The topological polar surface area (TPSA) is 69.4 Å². The van der Waals surface area contributed by atoms with E-state index in [1.165, 1.54) is 6.92 Å². The molecule has 1 atom stereocenters. The van der Waals surface area contributed by atoms with Crippen molar-refractivity contribution < 1.29 is 27.5 Å². The molecule has 0 aromatic heterocycles. The lowest BCUT2D eigenvalue weighted by Gasteiger charge is -2.02. The standard InChI is InChI=1S/C7H8F3NO3/c1-4(11)2-3-5(12)14-6(13)7(8,9)10/h2-4H,11H2,1H3/b3-2+/t4-/m0/s1. The average Bonchev–Trinajstić information content (AvgIpc) is 1.99. The van der Waals surface area contributed by atoms with Gasteiger partial charge in [-0.3, -0.25) is 0 Å². The molecule has 0 fully saturated rings. The number of carbonyl (C=O) groups excluding carboxylic acids is 2. The number of ether oxygens (including phenoxy) is 1. The van der Waals surface area contributed by atoms with E-state index in [9.17, 15) is 22.8 Å². The van der Waals surface area contributed by atoms with Gasteiger partial charge in [0.05, 0.1) is 0 Å². The van der Waals surface area contributed by atoms with Crippen LogP contribution in [0.5, 0.6) is 0 Å². The highest BCUT2D eigenvalue weighted by atomic mass is 19.4. The molecule has 0 spiro atoms. The van der Waals surface area contributed by atoms with Crippen molar-refractivity contribution in [3.8, 4) is 0 Å². The summed E-state index contributed by atoms with van der Waals surface area (Å²) >= 11 is 0. The first-order valence-corrected chi connectivity index (χ1v) is 3.50. The second-order valence-corrected chi connectivity index (χ2v) is 2.42. The predicted octanol–water partition coefficient (Wildman–Crippen LogP) is 0.522. The molecule has 80 valence electrons. The molecule has 7 heteroatoms. The van der Waals surface area contributed by atoms with Crippen LogP contribution >= 0.6 is 0 Å². The number of halogens is 3. The largest absolute Gasteiger partial charge is 0.491 e. The first kappa shape index (κ1) is 12.6. The van der Waals surface area contributed by atoms with Crippen molar-refractivity contribution in [2.45, 2.75) is 19.1 Å². The molecule has 0 aromatic rings. The van der Waals surface area contributed by atoms with E-state index in [1.807, 2.05) is 0 Å². The summed E-state index contributed by atoms with van der Waals surface area (Å²) in [6.45, 7) is 1.50. The lowest BCUT2D eigenvalue weighted by Crippen LogP contribution is -2.27. The van der Waals surface area contributed by atoms with Crippen molar-refractivity contribution in [1.82, 2.24) is 0 Å². The Kier molecular flexibility index (Phi) is 4.29. The van der Waals surface area contributed by atoms with Gasteiger partial charge in [0.25, 0.3) is 0 Å². The molecular formula is C7H8F3NO3. The van der Waals surface area contributed by atoms with E-state index in [4.69, 9.17) is 5.73 Å². The van der Waals surface area contributed by atoms with Crippen molar-refractivity contribution in [3.05, 3.63) is 12.2 Å². The van der Waals surface area contributed by atoms with Gasteiger partial charge in [-0.1, -0.05) is 6.08 Å². The Bertz CT molecular complexity index is 257. The number of hydrogen-bond acceptors (Lipinski definition) is 4. The fourth-order valence-corrected chi connectivity index (χ4v) is 0.414. The molecule has 0 radical (unpaired) electrons. The highest BCUT2D eigenvalue weighted by Crippen LogP contribution is 2.16. The van der Waals surface area contributed by atoms with Gasteiger partial charge in [0, 0.05) is 12.1 Å². The molecule has 0 unspecified atom stereocenters. The predicted molar refractivity (Wildman–Crippen MR) is 39.9 cm³/mol. The van der Waals surface area contributed by atoms with E-state index in [0.717, 1.165) is 6.08 Å². The lowest BCUT2D eigenvalue weighted by atomic mass is 10.3. The third-order valence-electron chi connectivity index (χ3n) is 0.961. The Hall–Kier alpha value is -1.37. The Morgan fingerprint density at radius 2 is 1.93 bits per heavy atom. The molecule has 0 bridgehead atoms. The monoisotopic (exact) mass is 211 g/mol. The van der Waals surface area contributed by atoms with Gasteiger partial charge >= 0.3 is 18.1 Å². The smallest absolute Gasteiger partial charge is 0.383 e. The summed E-state index contributed by atoms with van der Waals surface area (Å²) < 4.78 is 38.0. The maximum atomic E-state index is 11.5. The molecule has 4 nitrogen and oxygen atoms in total. The SMILES string of the molecule is C[C@H](N)/C=C/C(=O)OC(=O)C(F)(F)F.